The van der Waals surface area contributed by atoms with Gasteiger partial charge in [0.1, 0.15) is 5.69 Å². The molecule has 1 aromatic carbocycles. The van der Waals surface area contributed by atoms with E-state index in [4.69, 9.17) is 0 Å². The van der Waals surface area contributed by atoms with Crippen molar-refractivity contribution in [2.45, 2.75) is 11.7 Å². The van der Waals surface area contributed by atoms with Gasteiger partial charge in [0, 0.05) is 19.3 Å². The van der Waals surface area contributed by atoms with Gasteiger partial charge in [-0.15, -0.1) is 0 Å². The molecule has 2 aromatic rings. The Hall–Kier alpha value is -2.02. The van der Waals surface area contributed by atoms with Gasteiger partial charge in [0.05, 0.1) is 22.5 Å². The number of sulfone groups is 1. The Kier molecular flexibility index (Phi) is 3.36. The lowest BCUT2D eigenvalue weighted by atomic mass is 10.3. The second-order valence-corrected chi connectivity index (χ2v) is 7.56. The predicted molar refractivity (Wildman–Crippen MR) is 78.7 cm³/mol. The zero-order chi connectivity index (χ0) is 15.0. The van der Waals surface area contributed by atoms with Gasteiger partial charge in [-0.05, 0) is 18.6 Å². The molecule has 1 amide bonds. The van der Waals surface area contributed by atoms with Crippen molar-refractivity contribution in [2.75, 3.05) is 19.3 Å². The van der Waals surface area contributed by atoms with Crippen LogP contribution in [0.25, 0.3) is 11.0 Å². The number of hydrogen-bond acceptors (Lipinski definition) is 5. The highest BCUT2D eigenvalue weighted by Gasteiger charge is 2.33. The van der Waals surface area contributed by atoms with Gasteiger partial charge in [0.15, 0.2) is 9.84 Å². The number of hydrogen-bond donors (Lipinski definition) is 0. The minimum Gasteiger partial charge on any atom is -0.336 e. The monoisotopic (exact) mass is 305 g/mol. The second-order valence-electron chi connectivity index (χ2n) is 5.24. The first kappa shape index (κ1) is 13.9. The first-order chi connectivity index (χ1) is 9.95. The molecule has 6 nitrogen and oxygen atoms in total. The summed E-state index contributed by atoms with van der Waals surface area (Å²) in [5, 5.41) is -0.477. The molecule has 0 saturated carbocycles. The molecule has 2 heterocycles. The number of fused-ring (bicyclic) bond motifs is 1. The van der Waals surface area contributed by atoms with E-state index >= 15 is 0 Å². The van der Waals surface area contributed by atoms with Gasteiger partial charge in [0.2, 0.25) is 0 Å². The zero-order valence-electron chi connectivity index (χ0n) is 11.6. The van der Waals surface area contributed by atoms with Crippen LogP contribution in [0.15, 0.2) is 30.5 Å². The Labute approximate surface area is 122 Å². The van der Waals surface area contributed by atoms with Crippen LogP contribution in [0.1, 0.15) is 16.9 Å². The molecule has 0 N–H and O–H groups in total. The summed E-state index contributed by atoms with van der Waals surface area (Å²) in [4.78, 5) is 22.4. The minimum atomic E-state index is -3.12. The Balaban J connectivity index is 1.84. The van der Waals surface area contributed by atoms with Crippen molar-refractivity contribution in [3.05, 3.63) is 36.2 Å². The molecule has 0 spiro atoms. The molecule has 0 radical (unpaired) electrons. The Morgan fingerprint density at radius 3 is 2.67 bits per heavy atom. The molecule has 1 fully saturated rings. The van der Waals surface area contributed by atoms with Crippen LogP contribution < -0.4 is 0 Å². The van der Waals surface area contributed by atoms with Gasteiger partial charge in [-0.25, -0.2) is 13.4 Å². The molecule has 1 aliphatic heterocycles. The van der Waals surface area contributed by atoms with E-state index in [0.717, 1.165) is 5.52 Å². The van der Waals surface area contributed by atoms with Crippen LogP contribution in [0, 0.1) is 0 Å². The van der Waals surface area contributed by atoms with Crippen LogP contribution in [-0.4, -0.2) is 53.8 Å². The topological polar surface area (TPSA) is 80.2 Å². The van der Waals surface area contributed by atoms with Crippen LogP contribution in [-0.2, 0) is 9.84 Å². The highest BCUT2D eigenvalue weighted by molar-refractivity contribution is 7.91. The first-order valence-corrected chi connectivity index (χ1v) is 8.60. The van der Waals surface area contributed by atoms with E-state index in [1.54, 1.807) is 6.07 Å². The molecule has 21 heavy (non-hydrogen) atoms. The fraction of sp³-hybridized carbons (Fsp3) is 0.357. The number of amides is 1. The quantitative estimate of drug-likeness (QED) is 0.823. The molecule has 7 heteroatoms. The number of nitrogens with zero attached hydrogens (tertiary/aromatic N) is 3. The van der Waals surface area contributed by atoms with Gasteiger partial charge in [0.25, 0.3) is 5.91 Å². The standard InChI is InChI=1S/C14H15N3O3S/c1-21(19,20)10-6-7-17(9-10)14(18)13-8-15-11-4-2-3-5-12(11)16-13/h2-5,8,10H,6-7,9H2,1H3/t10-/m1/s1. The van der Waals surface area contributed by atoms with E-state index in [2.05, 4.69) is 9.97 Å². The lowest BCUT2D eigenvalue weighted by Gasteiger charge is -2.15. The fourth-order valence-corrected chi connectivity index (χ4v) is 3.47. The molecule has 1 saturated heterocycles. The zero-order valence-corrected chi connectivity index (χ0v) is 12.4. The molecule has 0 unspecified atom stereocenters. The number of benzene rings is 1. The largest absolute Gasteiger partial charge is 0.336 e. The molecule has 1 atom stereocenters. The number of carbonyl (C=O) groups is 1. The highest BCUT2D eigenvalue weighted by atomic mass is 32.2. The number of aromatic nitrogens is 2. The number of carbonyl (C=O) groups excluding carboxylic acids is 1. The van der Waals surface area contributed by atoms with Crippen LogP contribution in [0.3, 0.4) is 0 Å². The predicted octanol–water partition coefficient (Wildman–Crippen LogP) is 0.889. The normalized spacial score (nSPS) is 19.1. The van der Waals surface area contributed by atoms with Crippen molar-refractivity contribution in [1.82, 2.24) is 14.9 Å². The van der Waals surface area contributed by atoms with Gasteiger partial charge in [-0.3, -0.25) is 9.78 Å². The van der Waals surface area contributed by atoms with E-state index in [-0.39, 0.29) is 18.1 Å². The molecular weight excluding hydrogens is 290 g/mol. The number of rotatable bonds is 2. The molecule has 110 valence electrons. The second kappa shape index (κ2) is 5.07. The van der Waals surface area contributed by atoms with Gasteiger partial charge in [-0.1, -0.05) is 12.1 Å². The van der Waals surface area contributed by atoms with Crippen molar-refractivity contribution in [2.24, 2.45) is 0 Å². The SMILES string of the molecule is CS(=O)(=O)[C@@H]1CCN(C(=O)c2cnc3ccccc3n2)C1. The van der Waals surface area contributed by atoms with Crippen molar-refractivity contribution in [3.63, 3.8) is 0 Å². The average molecular weight is 305 g/mol. The summed E-state index contributed by atoms with van der Waals surface area (Å²) in [6.45, 7) is 0.664. The van der Waals surface area contributed by atoms with E-state index in [1.165, 1.54) is 17.4 Å². The van der Waals surface area contributed by atoms with Crippen LogP contribution >= 0.6 is 0 Å². The van der Waals surface area contributed by atoms with Crippen molar-refractivity contribution in [1.29, 1.82) is 0 Å². The van der Waals surface area contributed by atoms with Gasteiger partial charge in [-0.2, -0.15) is 0 Å². The molecular formula is C14H15N3O3S. The van der Waals surface area contributed by atoms with E-state index in [0.29, 0.717) is 18.5 Å². The third-order valence-electron chi connectivity index (χ3n) is 3.71. The maximum Gasteiger partial charge on any atom is 0.274 e. The highest BCUT2D eigenvalue weighted by Crippen LogP contribution is 2.18. The van der Waals surface area contributed by atoms with Crippen LogP contribution in [0.5, 0.6) is 0 Å². The molecule has 0 bridgehead atoms. The van der Waals surface area contributed by atoms with E-state index < -0.39 is 15.1 Å². The Morgan fingerprint density at radius 2 is 2.00 bits per heavy atom. The summed E-state index contributed by atoms with van der Waals surface area (Å²) in [7, 11) is -3.12. The Bertz CT molecular complexity index is 804. The minimum absolute atomic E-state index is 0.228. The average Bonchev–Trinajstić information content (AvgIpc) is 2.96. The van der Waals surface area contributed by atoms with Gasteiger partial charge < -0.3 is 4.90 Å². The lowest BCUT2D eigenvalue weighted by molar-refractivity contribution is 0.0787. The number of para-hydroxylation sites is 2. The van der Waals surface area contributed by atoms with E-state index in [1.807, 2.05) is 18.2 Å². The molecule has 1 aromatic heterocycles. The summed E-state index contributed by atoms with van der Waals surface area (Å²) >= 11 is 0. The third-order valence-corrected chi connectivity index (χ3v) is 5.30. The Morgan fingerprint density at radius 1 is 1.29 bits per heavy atom. The smallest absolute Gasteiger partial charge is 0.274 e. The van der Waals surface area contributed by atoms with E-state index in [9.17, 15) is 13.2 Å². The summed E-state index contributed by atoms with van der Waals surface area (Å²) in [5.41, 5.74) is 1.63. The lowest BCUT2D eigenvalue weighted by Crippen LogP contribution is -2.32. The van der Waals surface area contributed by atoms with Gasteiger partial charge >= 0.3 is 0 Å². The maximum absolute atomic E-state index is 12.4. The third kappa shape index (κ3) is 2.73. The number of likely N-dealkylation sites (tertiary alicyclic amines) is 1. The van der Waals surface area contributed by atoms with Crippen molar-refractivity contribution >= 4 is 26.8 Å². The molecule has 3 rings (SSSR count). The van der Waals surface area contributed by atoms with Crippen LogP contribution in [0.4, 0.5) is 0 Å². The summed E-state index contributed by atoms with van der Waals surface area (Å²) in [5.74, 6) is -0.264. The van der Waals surface area contributed by atoms with Crippen molar-refractivity contribution < 1.29 is 13.2 Å². The summed E-state index contributed by atoms with van der Waals surface area (Å²) < 4.78 is 23.1. The summed E-state index contributed by atoms with van der Waals surface area (Å²) in [6, 6.07) is 7.31. The first-order valence-electron chi connectivity index (χ1n) is 6.65. The summed E-state index contributed by atoms with van der Waals surface area (Å²) in [6.07, 6.45) is 3.13. The van der Waals surface area contributed by atoms with Crippen LogP contribution in [0.2, 0.25) is 0 Å². The molecule has 1 aliphatic rings. The fourth-order valence-electron chi connectivity index (χ4n) is 2.48. The molecule has 0 aliphatic carbocycles. The van der Waals surface area contributed by atoms with Crippen molar-refractivity contribution in [3.8, 4) is 0 Å². The maximum atomic E-state index is 12.4.